The number of nitrogens with zero attached hydrogens (tertiary/aromatic N) is 1. The molecule has 1 saturated heterocycles. The van der Waals surface area contributed by atoms with Crippen LogP contribution >= 0.6 is 0 Å². The minimum Gasteiger partial charge on any atom is -0.469 e. The lowest BCUT2D eigenvalue weighted by Crippen LogP contribution is -2.31. The summed E-state index contributed by atoms with van der Waals surface area (Å²) in [6.45, 7) is 0.691. The van der Waals surface area contributed by atoms with E-state index in [4.69, 9.17) is 9.15 Å². The topological polar surface area (TPSA) is 59.8 Å². The summed E-state index contributed by atoms with van der Waals surface area (Å²) in [5.74, 6) is 0.388. The summed E-state index contributed by atoms with van der Waals surface area (Å²) in [4.78, 5) is 26.4. The fraction of sp³-hybridized carbons (Fsp3) is 0.333. The molecule has 1 atom stereocenters. The Hall–Kier alpha value is -2.56. The van der Waals surface area contributed by atoms with E-state index in [1.165, 1.54) is 7.11 Å². The third-order valence-electron chi connectivity index (χ3n) is 4.20. The molecular formula is C18H19NO4. The molecule has 0 saturated carbocycles. The summed E-state index contributed by atoms with van der Waals surface area (Å²) in [6.07, 6.45) is 3.55. The van der Waals surface area contributed by atoms with Crippen LogP contribution in [-0.2, 0) is 16.0 Å². The van der Waals surface area contributed by atoms with Gasteiger partial charge < -0.3 is 14.1 Å². The summed E-state index contributed by atoms with van der Waals surface area (Å²) in [5.41, 5.74) is 1.24. The number of hydrogen-bond acceptors (Lipinski definition) is 4. The van der Waals surface area contributed by atoms with E-state index in [2.05, 4.69) is 0 Å². The zero-order chi connectivity index (χ0) is 16.2. The van der Waals surface area contributed by atoms with Gasteiger partial charge in [0.05, 0.1) is 25.8 Å². The first-order valence-corrected chi connectivity index (χ1v) is 7.70. The van der Waals surface area contributed by atoms with Gasteiger partial charge in [-0.25, -0.2) is 0 Å². The van der Waals surface area contributed by atoms with Crippen LogP contribution in [0.3, 0.4) is 0 Å². The van der Waals surface area contributed by atoms with Gasteiger partial charge in [0.15, 0.2) is 0 Å². The summed E-state index contributed by atoms with van der Waals surface area (Å²) in [7, 11) is 1.35. The Balaban J connectivity index is 1.87. The number of amides is 1. The van der Waals surface area contributed by atoms with Crippen LogP contribution in [0.4, 0.5) is 0 Å². The molecule has 0 aliphatic carbocycles. The van der Waals surface area contributed by atoms with Crippen molar-refractivity contribution in [3.05, 3.63) is 59.5 Å². The molecule has 1 aliphatic heterocycles. The maximum Gasteiger partial charge on any atom is 0.310 e. The minimum absolute atomic E-state index is 0.0383. The highest BCUT2D eigenvalue weighted by Gasteiger charge is 2.33. The fourth-order valence-corrected chi connectivity index (χ4v) is 3.05. The van der Waals surface area contributed by atoms with E-state index in [0.29, 0.717) is 17.7 Å². The molecule has 1 fully saturated rings. The van der Waals surface area contributed by atoms with Crippen molar-refractivity contribution in [3.8, 4) is 0 Å². The zero-order valence-corrected chi connectivity index (χ0v) is 13.0. The van der Waals surface area contributed by atoms with E-state index in [9.17, 15) is 9.59 Å². The summed E-state index contributed by atoms with van der Waals surface area (Å²) < 4.78 is 10.2. The highest BCUT2D eigenvalue weighted by Crippen LogP contribution is 2.33. The molecule has 2 aromatic rings. The van der Waals surface area contributed by atoms with E-state index in [0.717, 1.165) is 18.6 Å². The zero-order valence-electron chi connectivity index (χ0n) is 13.0. The Morgan fingerprint density at radius 1 is 1.26 bits per heavy atom. The van der Waals surface area contributed by atoms with Crippen LogP contribution in [0.25, 0.3) is 0 Å². The van der Waals surface area contributed by atoms with Crippen LogP contribution in [0.2, 0.25) is 0 Å². The summed E-state index contributed by atoms with van der Waals surface area (Å²) in [5, 5.41) is 0. The van der Waals surface area contributed by atoms with Gasteiger partial charge in [0.2, 0.25) is 0 Å². The second-order valence-electron chi connectivity index (χ2n) is 5.58. The number of hydrogen-bond donors (Lipinski definition) is 0. The van der Waals surface area contributed by atoms with Crippen molar-refractivity contribution in [1.29, 1.82) is 0 Å². The van der Waals surface area contributed by atoms with Crippen LogP contribution in [0.15, 0.2) is 47.1 Å². The molecular weight excluding hydrogens is 294 g/mol. The molecule has 5 nitrogen and oxygen atoms in total. The van der Waals surface area contributed by atoms with Crippen LogP contribution in [0, 0.1) is 0 Å². The number of carbonyl (C=O) groups excluding carboxylic acids is 2. The van der Waals surface area contributed by atoms with E-state index < -0.39 is 0 Å². The molecule has 120 valence electrons. The number of rotatable bonds is 4. The molecule has 0 bridgehead atoms. The Morgan fingerprint density at radius 2 is 2.09 bits per heavy atom. The molecule has 0 spiro atoms. The predicted molar refractivity (Wildman–Crippen MR) is 83.9 cm³/mol. The van der Waals surface area contributed by atoms with Crippen molar-refractivity contribution in [2.75, 3.05) is 13.7 Å². The maximum absolute atomic E-state index is 13.0. The third-order valence-corrected chi connectivity index (χ3v) is 4.20. The van der Waals surface area contributed by atoms with Gasteiger partial charge in [-0.15, -0.1) is 0 Å². The first-order chi connectivity index (χ1) is 11.2. The molecule has 2 heterocycles. The quantitative estimate of drug-likeness (QED) is 0.814. The van der Waals surface area contributed by atoms with E-state index >= 15 is 0 Å². The Morgan fingerprint density at radius 3 is 2.83 bits per heavy atom. The first kappa shape index (κ1) is 15.3. The van der Waals surface area contributed by atoms with Gasteiger partial charge in [0.25, 0.3) is 5.91 Å². The Labute approximate surface area is 134 Å². The molecule has 1 unspecified atom stereocenters. The second kappa shape index (κ2) is 6.69. The molecule has 1 amide bonds. The SMILES string of the molecule is COC(=O)Cc1ccccc1C(=O)N1CCCC1c1ccco1. The van der Waals surface area contributed by atoms with E-state index in [1.807, 2.05) is 29.2 Å². The average Bonchev–Trinajstić information content (AvgIpc) is 3.25. The number of esters is 1. The molecule has 3 rings (SSSR count). The minimum atomic E-state index is -0.353. The monoisotopic (exact) mass is 313 g/mol. The molecule has 23 heavy (non-hydrogen) atoms. The summed E-state index contributed by atoms with van der Waals surface area (Å²) in [6, 6.07) is 10.9. The third kappa shape index (κ3) is 3.13. The Bertz CT molecular complexity index is 693. The number of likely N-dealkylation sites (tertiary alicyclic amines) is 1. The lowest BCUT2D eigenvalue weighted by atomic mass is 10.0. The van der Waals surface area contributed by atoms with Crippen LogP contribution in [0.5, 0.6) is 0 Å². The standard InChI is InChI=1S/C18H19NO4/c1-22-17(20)12-13-6-2-3-7-14(13)18(21)19-10-4-8-15(19)16-9-5-11-23-16/h2-3,5-7,9,11,15H,4,8,10,12H2,1H3. The smallest absolute Gasteiger partial charge is 0.310 e. The van der Waals surface area contributed by atoms with Crippen molar-refractivity contribution < 1.29 is 18.7 Å². The van der Waals surface area contributed by atoms with Gasteiger partial charge in [-0.2, -0.15) is 0 Å². The number of carbonyl (C=O) groups is 2. The largest absolute Gasteiger partial charge is 0.469 e. The van der Waals surface area contributed by atoms with Gasteiger partial charge >= 0.3 is 5.97 Å². The van der Waals surface area contributed by atoms with Crippen LogP contribution < -0.4 is 0 Å². The fourth-order valence-electron chi connectivity index (χ4n) is 3.05. The highest BCUT2D eigenvalue weighted by molar-refractivity contribution is 5.97. The molecule has 0 radical (unpaired) electrons. The van der Waals surface area contributed by atoms with Crippen LogP contribution in [0.1, 0.15) is 40.6 Å². The molecule has 1 aliphatic rings. The first-order valence-electron chi connectivity index (χ1n) is 7.70. The molecule has 1 aromatic heterocycles. The van der Waals surface area contributed by atoms with Gasteiger partial charge in [-0.3, -0.25) is 9.59 Å². The number of methoxy groups -OCH3 is 1. The van der Waals surface area contributed by atoms with Crippen molar-refractivity contribution in [1.82, 2.24) is 4.90 Å². The second-order valence-corrected chi connectivity index (χ2v) is 5.58. The van der Waals surface area contributed by atoms with Gasteiger partial charge in [-0.1, -0.05) is 18.2 Å². The number of furan rings is 1. The van der Waals surface area contributed by atoms with Crippen LogP contribution in [-0.4, -0.2) is 30.4 Å². The van der Waals surface area contributed by atoms with Gasteiger partial charge in [-0.05, 0) is 36.6 Å². The predicted octanol–water partition coefficient (Wildman–Crippen LogP) is 2.97. The van der Waals surface area contributed by atoms with Crippen molar-refractivity contribution in [2.45, 2.75) is 25.3 Å². The number of benzene rings is 1. The van der Waals surface area contributed by atoms with E-state index in [1.54, 1.807) is 18.4 Å². The molecule has 5 heteroatoms. The van der Waals surface area contributed by atoms with E-state index in [-0.39, 0.29) is 24.3 Å². The molecule has 0 N–H and O–H groups in total. The maximum atomic E-state index is 13.0. The van der Waals surface area contributed by atoms with Crippen molar-refractivity contribution in [2.24, 2.45) is 0 Å². The highest BCUT2D eigenvalue weighted by atomic mass is 16.5. The number of ether oxygens (including phenoxy) is 1. The Kier molecular flexibility index (Phi) is 4.46. The van der Waals surface area contributed by atoms with Gasteiger partial charge in [0.1, 0.15) is 5.76 Å². The lowest BCUT2D eigenvalue weighted by Gasteiger charge is -2.24. The average molecular weight is 313 g/mol. The normalized spacial score (nSPS) is 17.3. The van der Waals surface area contributed by atoms with Gasteiger partial charge in [0, 0.05) is 12.1 Å². The summed E-state index contributed by atoms with van der Waals surface area (Å²) >= 11 is 0. The lowest BCUT2D eigenvalue weighted by molar-refractivity contribution is -0.139. The van der Waals surface area contributed by atoms with Crippen molar-refractivity contribution >= 4 is 11.9 Å². The van der Waals surface area contributed by atoms with Crippen molar-refractivity contribution in [3.63, 3.8) is 0 Å². The molecule has 1 aromatic carbocycles.